The van der Waals surface area contributed by atoms with E-state index in [4.69, 9.17) is 0 Å². The molecule has 0 aromatic heterocycles. The van der Waals surface area contributed by atoms with Gasteiger partial charge < -0.3 is 15.7 Å². The lowest BCUT2D eigenvalue weighted by Crippen LogP contribution is -2.46. The molecule has 6 heteroatoms. The van der Waals surface area contributed by atoms with Crippen molar-refractivity contribution >= 4 is 23.6 Å². The second-order valence-electron chi connectivity index (χ2n) is 6.04. The van der Waals surface area contributed by atoms with Gasteiger partial charge in [0.15, 0.2) is 0 Å². The fourth-order valence-electron chi connectivity index (χ4n) is 2.31. The summed E-state index contributed by atoms with van der Waals surface area (Å²) in [5, 5.41) is 15.2. The first-order chi connectivity index (χ1) is 10.4. The normalized spacial score (nSPS) is 17.3. The van der Waals surface area contributed by atoms with Crippen molar-refractivity contribution in [2.45, 2.75) is 51.0 Å². The quantitative estimate of drug-likeness (QED) is 0.467. The molecule has 0 radical (unpaired) electrons. The van der Waals surface area contributed by atoms with Crippen LogP contribution in [0.3, 0.4) is 0 Å². The molecule has 0 bridgehead atoms. The maximum atomic E-state index is 11.7. The fraction of sp³-hybridized carbons (Fsp3) is 0.750. The van der Waals surface area contributed by atoms with Gasteiger partial charge in [0.05, 0.1) is 5.60 Å². The van der Waals surface area contributed by atoms with Crippen molar-refractivity contribution in [3.05, 3.63) is 11.6 Å². The first-order valence-corrected chi connectivity index (χ1v) is 9.29. The summed E-state index contributed by atoms with van der Waals surface area (Å²) < 4.78 is 0. The Morgan fingerprint density at radius 2 is 2.05 bits per heavy atom. The van der Waals surface area contributed by atoms with E-state index in [0.717, 1.165) is 25.0 Å². The standard InChI is InChI=1S/C16H28N2O3S/c1-16(21,9-11-22-2)12-18-15(20)14(19)17-10-8-13-6-4-3-5-7-13/h6,21H,3-5,7-12H2,1-2H3,(H,17,19)(H,18,20). The molecule has 1 aliphatic carbocycles. The van der Waals surface area contributed by atoms with Gasteiger partial charge in [0.25, 0.3) is 0 Å². The Balaban J connectivity index is 2.21. The zero-order chi connectivity index (χ0) is 16.4. The number of aliphatic hydroxyl groups is 1. The molecule has 0 saturated heterocycles. The van der Waals surface area contributed by atoms with Crippen molar-refractivity contribution in [1.29, 1.82) is 0 Å². The van der Waals surface area contributed by atoms with Crippen LogP contribution in [0.4, 0.5) is 0 Å². The van der Waals surface area contributed by atoms with Crippen molar-refractivity contribution < 1.29 is 14.7 Å². The summed E-state index contributed by atoms with van der Waals surface area (Å²) in [6.07, 6.45) is 10.3. The third kappa shape index (κ3) is 7.84. The maximum absolute atomic E-state index is 11.7. The minimum Gasteiger partial charge on any atom is -0.388 e. The minimum absolute atomic E-state index is 0.0883. The summed E-state index contributed by atoms with van der Waals surface area (Å²) in [6.45, 7) is 2.24. The van der Waals surface area contributed by atoms with Gasteiger partial charge in [-0.2, -0.15) is 11.8 Å². The molecule has 1 atom stereocenters. The Morgan fingerprint density at radius 3 is 2.68 bits per heavy atom. The number of nitrogens with one attached hydrogen (secondary N) is 2. The Morgan fingerprint density at radius 1 is 1.32 bits per heavy atom. The van der Waals surface area contributed by atoms with Crippen LogP contribution >= 0.6 is 11.8 Å². The first kappa shape index (κ1) is 19.0. The molecule has 5 nitrogen and oxygen atoms in total. The highest BCUT2D eigenvalue weighted by molar-refractivity contribution is 7.98. The third-order valence-electron chi connectivity index (χ3n) is 3.80. The summed E-state index contributed by atoms with van der Waals surface area (Å²) in [4.78, 5) is 23.4. The van der Waals surface area contributed by atoms with E-state index in [0.29, 0.717) is 13.0 Å². The van der Waals surface area contributed by atoms with Gasteiger partial charge in [-0.3, -0.25) is 9.59 Å². The molecule has 2 amide bonds. The van der Waals surface area contributed by atoms with Crippen molar-refractivity contribution in [3.63, 3.8) is 0 Å². The molecule has 0 heterocycles. The summed E-state index contributed by atoms with van der Waals surface area (Å²) in [5.41, 5.74) is 0.387. The topological polar surface area (TPSA) is 78.4 Å². The van der Waals surface area contributed by atoms with Gasteiger partial charge in [-0.25, -0.2) is 0 Å². The number of rotatable bonds is 8. The predicted octanol–water partition coefficient (Wildman–Crippen LogP) is 1.61. The number of amides is 2. The molecule has 0 fully saturated rings. The van der Waals surface area contributed by atoms with Crippen molar-refractivity contribution in [2.75, 3.05) is 25.1 Å². The molecule has 1 unspecified atom stereocenters. The smallest absolute Gasteiger partial charge is 0.309 e. The highest BCUT2D eigenvalue weighted by Gasteiger charge is 2.22. The van der Waals surface area contributed by atoms with Gasteiger partial charge in [0, 0.05) is 13.1 Å². The van der Waals surface area contributed by atoms with Crippen LogP contribution in [-0.4, -0.2) is 47.6 Å². The number of carbonyl (C=O) groups is 2. The summed E-state index contributed by atoms with van der Waals surface area (Å²) in [5.74, 6) is -0.497. The summed E-state index contributed by atoms with van der Waals surface area (Å²) in [6, 6.07) is 0. The van der Waals surface area contributed by atoms with E-state index < -0.39 is 17.4 Å². The second kappa shape index (κ2) is 9.90. The molecular formula is C16H28N2O3S. The van der Waals surface area contributed by atoms with Crippen LogP contribution in [0.2, 0.25) is 0 Å². The van der Waals surface area contributed by atoms with Crippen LogP contribution in [-0.2, 0) is 9.59 Å². The fourth-order valence-corrected chi connectivity index (χ4v) is 2.95. The Bertz CT molecular complexity index is 408. The molecule has 126 valence electrons. The maximum Gasteiger partial charge on any atom is 0.309 e. The molecule has 1 rings (SSSR count). The van der Waals surface area contributed by atoms with E-state index in [1.807, 2.05) is 6.26 Å². The van der Waals surface area contributed by atoms with Crippen LogP contribution in [0.1, 0.15) is 45.4 Å². The van der Waals surface area contributed by atoms with Crippen LogP contribution in [0.25, 0.3) is 0 Å². The number of carbonyl (C=O) groups excluding carboxylic acids is 2. The van der Waals surface area contributed by atoms with E-state index in [1.165, 1.54) is 18.4 Å². The van der Waals surface area contributed by atoms with Crippen molar-refractivity contribution in [3.8, 4) is 0 Å². The van der Waals surface area contributed by atoms with E-state index in [1.54, 1.807) is 18.7 Å². The lowest BCUT2D eigenvalue weighted by atomic mass is 9.97. The van der Waals surface area contributed by atoms with Crippen LogP contribution in [0.5, 0.6) is 0 Å². The molecular weight excluding hydrogens is 300 g/mol. The lowest BCUT2D eigenvalue weighted by Gasteiger charge is -2.23. The van der Waals surface area contributed by atoms with Gasteiger partial charge in [-0.15, -0.1) is 0 Å². The van der Waals surface area contributed by atoms with E-state index >= 15 is 0 Å². The van der Waals surface area contributed by atoms with E-state index in [9.17, 15) is 14.7 Å². The highest BCUT2D eigenvalue weighted by Crippen LogP contribution is 2.19. The van der Waals surface area contributed by atoms with Gasteiger partial charge in [0.2, 0.25) is 0 Å². The van der Waals surface area contributed by atoms with Crippen LogP contribution in [0.15, 0.2) is 11.6 Å². The van der Waals surface area contributed by atoms with E-state index in [-0.39, 0.29) is 6.54 Å². The molecule has 0 aromatic rings. The van der Waals surface area contributed by atoms with Crippen LogP contribution < -0.4 is 10.6 Å². The Kier molecular flexibility index (Phi) is 8.56. The van der Waals surface area contributed by atoms with Gasteiger partial charge in [0.1, 0.15) is 0 Å². The van der Waals surface area contributed by atoms with Crippen molar-refractivity contribution in [1.82, 2.24) is 10.6 Å². The molecule has 3 N–H and O–H groups in total. The number of hydrogen-bond donors (Lipinski definition) is 3. The molecule has 0 aromatic carbocycles. The predicted molar refractivity (Wildman–Crippen MR) is 90.8 cm³/mol. The molecule has 0 saturated carbocycles. The zero-order valence-electron chi connectivity index (χ0n) is 13.6. The SMILES string of the molecule is CSCCC(C)(O)CNC(=O)C(=O)NCCC1=CCCCC1. The van der Waals surface area contributed by atoms with Gasteiger partial charge >= 0.3 is 11.8 Å². The Hall–Kier alpha value is -1.01. The first-order valence-electron chi connectivity index (χ1n) is 7.90. The molecule has 0 aliphatic heterocycles. The molecule has 22 heavy (non-hydrogen) atoms. The number of allylic oxidation sites excluding steroid dienone is 1. The summed E-state index contributed by atoms with van der Waals surface area (Å²) >= 11 is 1.64. The van der Waals surface area contributed by atoms with Gasteiger partial charge in [-0.1, -0.05) is 11.6 Å². The number of thioether (sulfide) groups is 1. The highest BCUT2D eigenvalue weighted by atomic mass is 32.2. The number of hydrogen-bond acceptors (Lipinski definition) is 4. The van der Waals surface area contributed by atoms with Crippen molar-refractivity contribution in [2.24, 2.45) is 0 Å². The zero-order valence-corrected chi connectivity index (χ0v) is 14.4. The van der Waals surface area contributed by atoms with Crippen LogP contribution in [0, 0.1) is 0 Å². The minimum atomic E-state index is -0.980. The largest absolute Gasteiger partial charge is 0.388 e. The molecule has 0 spiro atoms. The Labute approximate surface area is 137 Å². The van der Waals surface area contributed by atoms with E-state index in [2.05, 4.69) is 16.7 Å². The average Bonchev–Trinajstić information content (AvgIpc) is 2.51. The summed E-state index contributed by atoms with van der Waals surface area (Å²) in [7, 11) is 0. The lowest BCUT2D eigenvalue weighted by molar-refractivity contribution is -0.139. The monoisotopic (exact) mass is 328 g/mol. The third-order valence-corrected chi connectivity index (χ3v) is 4.41. The average molecular weight is 328 g/mol. The molecule has 1 aliphatic rings. The second-order valence-corrected chi connectivity index (χ2v) is 7.02. The van der Waals surface area contributed by atoms with Gasteiger partial charge in [-0.05, 0) is 57.5 Å².